The van der Waals surface area contributed by atoms with Crippen molar-refractivity contribution in [2.45, 2.75) is 6.42 Å². The highest BCUT2D eigenvalue weighted by molar-refractivity contribution is 9.10. The van der Waals surface area contributed by atoms with Crippen LogP contribution < -0.4 is 15.0 Å². The Hall–Kier alpha value is -2.94. The first-order chi connectivity index (χ1) is 16.3. The standard InChI is InChI=1S/C25H17Br2ClN2O4/c1-34-22-12-14(11-21(28)18(22)13-15-4-2-3-5-20(15)27)10-19-23(31)29-25(33)30(24(19)32)17-8-6-16(26)7-9-17/h2-12H,13H2,1H3,(H,29,31,33)/b19-10+. The van der Waals surface area contributed by atoms with Gasteiger partial charge in [0.05, 0.1) is 12.8 Å². The fourth-order valence-corrected chi connectivity index (χ4v) is 4.52. The Morgan fingerprint density at radius 1 is 1.03 bits per heavy atom. The lowest BCUT2D eigenvalue weighted by Crippen LogP contribution is -2.54. The van der Waals surface area contributed by atoms with E-state index in [0.717, 1.165) is 25.0 Å². The van der Waals surface area contributed by atoms with Gasteiger partial charge in [-0.3, -0.25) is 14.9 Å². The molecule has 4 rings (SSSR count). The number of methoxy groups -OCH3 is 1. The molecule has 1 saturated heterocycles. The minimum Gasteiger partial charge on any atom is -0.496 e. The molecule has 1 aliphatic heterocycles. The second-order valence-corrected chi connectivity index (χ2v) is 9.56. The number of amides is 4. The van der Waals surface area contributed by atoms with Crippen molar-refractivity contribution in [3.63, 3.8) is 0 Å². The smallest absolute Gasteiger partial charge is 0.335 e. The molecule has 1 N–H and O–H groups in total. The first-order valence-corrected chi connectivity index (χ1v) is 12.0. The highest BCUT2D eigenvalue weighted by Gasteiger charge is 2.36. The van der Waals surface area contributed by atoms with Crippen molar-refractivity contribution in [2.75, 3.05) is 12.0 Å². The number of nitrogens with zero attached hydrogens (tertiary/aromatic N) is 1. The summed E-state index contributed by atoms with van der Waals surface area (Å²) in [5.74, 6) is -1.00. The molecule has 0 saturated carbocycles. The molecule has 0 radical (unpaired) electrons. The zero-order valence-electron chi connectivity index (χ0n) is 17.8. The van der Waals surface area contributed by atoms with E-state index in [1.54, 1.807) is 36.4 Å². The van der Waals surface area contributed by atoms with Gasteiger partial charge in [-0.2, -0.15) is 0 Å². The van der Waals surface area contributed by atoms with Crippen molar-refractivity contribution in [3.8, 4) is 5.75 Å². The maximum atomic E-state index is 13.1. The number of nitrogens with one attached hydrogen (secondary N) is 1. The highest BCUT2D eigenvalue weighted by Crippen LogP contribution is 2.34. The molecule has 0 atom stereocenters. The molecule has 6 nitrogen and oxygen atoms in total. The van der Waals surface area contributed by atoms with Gasteiger partial charge in [-0.15, -0.1) is 0 Å². The predicted octanol–water partition coefficient (Wildman–Crippen LogP) is 6.13. The van der Waals surface area contributed by atoms with E-state index in [1.807, 2.05) is 24.3 Å². The van der Waals surface area contributed by atoms with Crippen molar-refractivity contribution < 1.29 is 19.1 Å². The average Bonchev–Trinajstić information content (AvgIpc) is 2.80. The summed E-state index contributed by atoms with van der Waals surface area (Å²) in [6.45, 7) is 0. The molecule has 0 spiro atoms. The van der Waals surface area contributed by atoms with Crippen molar-refractivity contribution in [3.05, 3.63) is 96.9 Å². The van der Waals surface area contributed by atoms with Gasteiger partial charge in [0.2, 0.25) is 0 Å². The number of urea groups is 1. The van der Waals surface area contributed by atoms with Gasteiger partial charge in [0, 0.05) is 26.0 Å². The summed E-state index contributed by atoms with van der Waals surface area (Å²) in [6, 6.07) is 16.9. The minimum atomic E-state index is -0.811. The summed E-state index contributed by atoms with van der Waals surface area (Å²) in [4.78, 5) is 38.9. The maximum absolute atomic E-state index is 13.1. The van der Waals surface area contributed by atoms with Gasteiger partial charge < -0.3 is 4.74 Å². The van der Waals surface area contributed by atoms with Crippen LogP contribution >= 0.6 is 43.5 Å². The van der Waals surface area contributed by atoms with E-state index in [9.17, 15) is 14.4 Å². The predicted molar refractivity (Wildman–Crippen MR) is 138 cm³/mol. The molecule has 0 unspecified atom stereocenters. The third-order valence-corrected chi connectivity index (χ3v) is 6.86. The van der Waals surface area contributed by atoms with Crippen LogP contribution in [-0.4, -0.2) is 25.0 Å². The lowest BCUT2D eigenvalue weighted by Gasteiger charge is -2.26. The fourth-order valence-electron chi connectivity index (χ4n) is 3.55. The van der Waals surface area contributed by atoms with Crippen molar-refractivity contribution in [1.82, 2.24) is 5.32 Å². The van der Waals surface area contributed by atoms with E-state index in [1.165, 1.54) is 13.2 Å². The zero-order valence-corrected chi connectivity index (χ0v) is 21.7. The number of hydrogen-bond donors (Lipinski definition) is 1. The number of carbonyl (C=O) groups is 3. The van der Waals surface area contributed by atoms with Crippen LogP contribution in [0.5, 0.6) is 5.75 Å². The Morgan fingerprint density at radius 3 is 2.41 bits per heavy atom. The number of rotatable bonds is 5. The van der Waals surface area contributed by atoms with E-state index < -0.39 is 17.8 Å². The Morgan fingerprint density at radius 2 is 1.74 bits per heavy atom. The Balaban J connectivity index is 1.71. The summed E-state index contributed by atoms with van der Waals surface area (Å²) in [7, 11) is 1.53. The van der Waals surface area contributed by atoms with E-state index in [-0.39, 0.29) is 5.57 Å². The molecule has 0 bridgehead atoms. The van der Waals surface area contributed by atoms with Gasteiger partial charge in [-0.05, 0) is 59.7 Å². The minimum absolute atomic E-state index is 0.195. The summed E-state index contributed by atoms with van der Waals surface area (Å²) >= 11 is 13.5. The van der Waals surface area contributed by atoms with Crippen LogP contribution in [0.1, 0.15) is 16.7 Å². The molecule has 4 amide bonds. The van der Waals surface area contributed by atoms with E-state index >= 15 is 0 Å². The van der Waals surface area contributed by atoms with Crippen LogP contribution in [-0.2, 0) is 16.0 Å². The zero-order chi connectivity index (χ0) is 24.4. The normalized spacial score (nSPS) is 15.0. The fraction of sp³-hybridized carbons (Fsp3) is 0.0800. The highest BCUT2D eigenvalue weighted by atomic mass is 79.9. The number of hydrogen-bond acceptors (Lipinski definition) is 4. The van der Waals surface area contributed by atoms with Crippen LogP contribution in [0.4, 0.5) is 10.5 Å². The SMILES string of the molecule is COc1cc(/C=C2\C(=O)NC(=O)N(c3ccc(Br)cc3)C2=O)cc(Cl)c1Cc1ccccc1Br. The largest absolute Gasteiger partial charge is 0.496 e. The number of barbiturate groups is 1. The summed E-state index contributed by atoms with van der Waals surface area (Å²) in [5.41, 5.74) is 2.42. The van der Waals surface area contributed by atoms with E-state index in [4.69, 9.17) is 16.3 Å². The molecule has 0 aliphatic carbocycles. The third kappa shape index (κ3) is 4.94. The van der Waals surface area contributed by atoms with E-state index in [2.05, 4.69) is 37.2 Å². The Labute approximate surface area is 217 Å². The van der Waals surface area contributed by atoms with Crippen LogP contribution in [0, 0.1) is 0 Å². The number of halogens is 3. The molecule has 172 valence electrons. The van der Waals surface area contributed by atoms with Crippen molar-refractivity contribution >= 4 is 73.1 Å². The molecule has 1 aliphatic rings. The number of imide groups is 2. The third-order valence-electron chi connectivity index (χ3n) is 5.22. The van der Waals surface area contributed by atoms with Crippen molar-refractivity contribution in [2.24, 2.45) is 0 Å². The molecular formula is C25H17Br2ClN2O4. The first-order valence-electron chi connectivity index (χ1n) is 10.1. The molecule has 9 heteroatoms. The number of carbonyl (C=O) groups excluding carboxylic acids is 3. The molecule has 34 heavy (non-hydrogen) atoms. The number of benzene rings is 3. The lowest BCUT2D eigenvalue weighted by atomic mass is 10.0. The lowest BCUT2D eigenvalue weighted by molar-refractivity contribution is -0.122. The quantitative estimate of drug-likeness (QED) is 0.281. The van der Waals surface area contributed by atoms with Gasteiger partial charge in [0.25, 0.3) is 11.8 Å². The summed E-state index contributed by atoms with van der Waals surface area (Å²) < 4.78 is 7.29. The molecular weight excluding hydrogens is 588 g/mol. The van der Waals surface area contributed by atoms with Crippen LogP contribution in [0.25, 0.3) is 6.08 Å². The molecule has 0 aromatic heterocycles. The summed E-state index contributed by atoms with van der Waals surface area (Å²) in [5, 5.41) is 2.64. The van der Waals surface area contributed by atoms with Crippen LogP contribution in [0.15, 0.2) is 75.2 Å². The van der Waals surface area contributed by atoms with Gasteiger partial charge >= 0.3 is 6.03 Å². The van der Waals surface area contributed by atoms with E-state index in [0.29, 0.717) is 28.4 Å². The van der Waals surface area contributed by atoms with Gasteiger partial charge in [-0.25, -0.2) is 9.69 Å². The molecule has 3 aromatic carbocycles. The molecule has 1 heterocycles. The maximum Gasteiger partial charge on any atom is 0.335 e. The Kier molecular flexibility index (Phi) is 7.21. The first kappa shape index (κ1) is 24.2. The van der Waals surface area contributed by atoms with Crippen LogP contribution in [0.3, 0.4) is 0 Å². The monoisotopic (exact) mass is 602 g/mol. The number of ether oxygens (including phenoxy) is 1. The summed E-state index contributed by atoms with van der Waals surface area (Å²) in [6.07, 6.45) is 1.91. The topological polar surface area (TPSA) is 75.7 Å². The average molecular weight is 605 g/mol. The molecule has 3 aromatic rings. The van der Waals surface area contributed by atoms with Gasteiger partial charge in [-0.1, -0.05) is 61.7 Å². The number of anilines is 1. The van der Waals surface area contributed by atoms with Crippen molar-refractivity contribution in [1.29, 1.82) is 0 Å². The Bertz CT molecular complexity index is 1340. The second-order valence-electron chi connectivity index (χ2n) is 7.39. The van der Waals surface area contributed by atoms with Gasteiger partial charge in [0.15, 0.2) is 0 Å². The van der Waals surface area contributed by atoms with Gasteiger partial charge in [0.1, 0.15) is 11.3 Å². The van der Waals surface area contributed by atoms with Crippen LogP contribution in [0.2, 0.25) is 5.02 Å². The molecule has 1 fully saturated rings. The second kappa shape index (κ2) is 10.1.